The van der Waals surface area contributed by atoms with E-state index in [4.69, 9.17) is 5.73 Å². The number of nitrogens with two attached hydrogens (primary N) is 1. The summed E-state index contributed by atoms with van der Waals surface area (Å²) in [6.45, 7) is 9.25. The second-order valence-corrected chi connectivity index (χ2v) is 6.14. The molecule has 1 unspecified atom stereocenters. The van der Waals surface area contributed by atoms with Crippen LogP contribution in [0.25, 0.3) is 0 Å². The number of rotatable bonds is 4. The molecular formula is C16H26N2. The summed E-state index contributed by atoms with van der Waals surface area (Å²) in [5, 5.41) is 0. The normalized spacial score (nSPS) is 16.8. The van der Waals surface area contributed by atoms with Crippen LogP contribution < -0.4 is 10.6 Å². The second-order valence-electron chi connectivity index (χ2n) is 6.14. The molecule has 0 saturated heterocycles. The summed E-state index contributed by atoms with van der Waals surface area (Å²) in [5.74, 6) is 1.51. The van der Waals surface area contributed by atoms with E-state index in [2.05, 4.69) is 37.8 Å². The number of nitrogens with zero attached hydrogens (tertiary/aromatic N) is 1. The van der Waals surface area contributed by atoms with Crippen molar-refractivity contribution in [3.05, 3.63) is 23.8 Å². The Morgan fingerprint density at radius 2 is 2.06 bits per heavy atom. The van der Waals surface area contributed by atoms with Gasteiger partial charge in [-0.15, -0.1) is 0 Å². The highest BCUT2D eigenvalue weighted by molar-refractivity contribution is 5.72. The molecule has 0 saturated carbocycles. The first-order valence-corrected chi connectivity index (χ1v) is 7.20. The van der Waals surface area contributed by atoms with Gasteiger partial charge < -0.3 is 10.6 Å². The summed E-state index contributed by atoms with van der Waals surface area (Å²) >= 11 is 0. The first-order valence-electron chi connectivity index (χ1n) is 7.20. The van der Waals surface area contributed by atoms with Gasteiger partial charge in [0.15, 0.2) is 0 Å². The highest BCUT2D eigenvalue weighted by atomic mass is 15.1. The molecule has 1 atom stereocenters. The summed E-state index contributed by atoms with van der Waals surface area (Å²) < 4.78 is 0. The predicted octanol–water partition coefficient (Wildman–Crippen LogP) is 3.70. The monoisotopic (exact) mass is 246 g/mol. The lowest BCUT2D eigenvalue weighted by atomic mass is 9.95. The fraction of sp³-hybridized carbons (Fsp3) is 0.625. The molecule has 2 heteroatoms. The van der Waals surface area contributed by atoms with Gasteiger partial charge in [-0.1, -0.05) is 32.9 Å². The van der Waals surface area contributed by atoms with Gasteiger partial charge in [0.1, 0.15) is 0 Å². The van der Waals surface area contributed by atoms with E-state index in [-0.39, 0.29) is 0 Å². The largest absolute Gasteiger partial charge is 0.397 e. The van der Waals surface area contributed by atoms with E-state index < -0.39 is 0 Å². The van der Waals surface area contributed by atoms with Crippen molar-refractivity contribution in [3.8, 4) is 0 Å². The number of hydrogen-bond acceptors (Lipinski definition) is 2. The van der Waals surface area contributed by atoms with Crippen LogP contribution >= 0.6 is 0 Å². The number of anilines is 2. The molecule has 1 aliphatic rings. The minimum Gasteiger partial charge on any atom is -0.397 e. The smallest absolute Gasteiger partial charge is 0.0632 e. The molecule has 2 N–H and O–H groups in total. The summed E-state index contributed by atoms with van der Waals surface area (Å²) in [6, 6.07) is 6.34. The summed E-state index contributed by atoms with van der Waals surface area (Å²) in [7, 11) is 0. The van der Waals surface area contributed by atoms with Gasteiger partial charge in [0, 0.05) is 13.1 Å². The molecule has 0 radical (unpaired) electrons. The van der Waals surface area contributed by atoms with E-state index in [1.54, 1.807) is 0 Å². The van der Waals surface area contributed by atoms with Gasteiger partial charge in [-0.25, -0.2) is 0 Å². The first-order chi connectivity index (χ1) is 8.58. The minimum atomic E-state index is 0.732. The zero-order valence-corrected chi connectivity index (χ0v) is 11.9. The molecule has 0 fully saturated rings. The Labute approximate surface area is 111 Å². The van der Waals surface area contributed by atoms with Crippen LogP contribution in [0.4, 0.5) is 11.4 Å². The van der Waals surface area contributed by atoms with Gasteiger partial charge >= 0.3 is 0 Å². The summed E-state index contributed by atoms with van der Waals surface area (Å²) in [4.78, 5) is 2.50. The van der Waals surface area contributed by atoms with Crippen LogP contribution in [0.2, 0.25) is 0 Å². The molecule has 1 aromatic carbocycles. The predicted molar refractivity (Wildman–Crippen MR) is 80.0 cm³/mol. The molecule has 0 aliphatic carbocycles. The van der Waals surface area contributed by atoms with Gasteiger partial charge in [-0.2, -0.15) is 0 Å². The number of para-hydroxylation sites is 1. The van der Waals surface area contributed by atoms with Gasteiger partial charge in [-0.3, -0.25) is 0 Å². The maximum atomic E-state index is 6.17. The molecule has 0 amide bonds. The molecule has 2 nitrogen and oxygen atoms in total. The summed E-state index contributed by atoms with van der Waals surface area (Å²) in [6.07, 6.45) is 3.72. The van der Waals surface area contributed by atoms with Crippen LogP contribution in [0.5, 0.6) is 0 Å². The Hall–Kier alpha value is -1.18. The topological polar surface area (TPSA) is 29.3 Å². The Balaban J connectivity index is 2.12. The lowest BCUT2D eigenvalue weighted by Gasteiger charge is -2.34. The third-order valence-electron chi connectivity index (χ3n) is 3.75. The lowest BCUT2D eigenvalue weighted by molar-refractivity contribution is 0.431. The van der Waals surface area contributed by atoms with E-state index >= 15 is 0 Å². The molecule has 18 heavy (non-hydrogen) atoms. The van der Waals surface area contributed by atoms with Gasteiger partial charge in [0.25, 0.3) is 0 Å². The number of aryl methyl sites for hydroxylation is 1. The van der Waals surface area contributed by atoms with Crippen LogP contribution in [0, 0.1) is 11.8 Å². The fourth-order valence-electron chi connectivity index (χ4n) is 3.21. The second kappa shape index (κ2) is 5.64. The maximum Gasteiger partial charge on any atom is 0.0632 e. The zero-order chi connectivity index (χ0) is 13.1. The third kappa shape index (κ3) is 2.98. The maximum absolute atomic E-state index is 6.17. The SMILES string of the molecule is CC(C)CC(C)CN1CCCc2cccc(N)c21. The summed E-state index contributed by atoms with van der Waals surface area (Å²) in [5.41, 5.74) is 9.85. The van der Waals surface area contributed by atoms with E-state index in [1.807, 2.05) is 6.07 Å². The Morgan fingerprint density at radius 3 is 2.78 bits per heavy atom. The van der Waals surface area contributed by atoms with Crippen molar-refractivity contribution in [2.75, 3.05) is 23.7 Å². The molecule has 0 spiro atoms. The molecule has 1 aromatic rings. The molecular weight excluding hydrogens is 220 g/mol. The Kier molecular flexibility index (Phi) is 4.15. The van der Waals surface area contributed by atoms with Crippen LogP contribution in [0.1, 0.15) is 39.2 Å². The van der Waals surface area contributed by atoms with Crippen molar-refractivity contribution in [1.29, 1.82) is 0 Å². The van der Waals surface area contributed by atoms with Crippen LogP contribution in [0.15, 0.2) is 18.2 Å². The quantitative estimate of drug-likeness (QED) is 0.821. The molecule has 1 aliphatic heterocycles. The van der Waals surface area contributed by atoms with Gasteiger partial charge in [-0.05, 0) is 42.7 Å². The lowest BCUT2D eigenvalue weighted by Crippen LogP contribution is -2.34. The van der Waals surface area contributed by atoms with Crippen molar-refractivity contribution in [2.45, 2.75) is 40.0 Å². The van der Waals surface area contributed by atoms with Crippen molar-refractivity contribution >= 4 is 11.4 Å². The average Bonchev–Trinajstić information content (AvgIpc) is 2.28. The standard InChI is InChI=1S/C16H26N2/c1-12(2)10-13(3)11-18-9-5-7-14-6-4-8-15(17)16(14)18/h4,6,8,12-13H,5,7,9-11,17H2,1-3H3. The van der Waals surface area contributed by atoms with Crippen LogP contribution in [-0.2, 0) is 6.42 Å². The van der Waals surface area contributed by atoms with Crippen LogP contribution in [-0.4, -0.2) is 13.1 Å². The number of benzene rings is 1. The third-order valence-corrected chi connectivity index (χ3v) is 3.75. The van der Waals surface area contributed by atoms with E-state index in [0.717, 1.165) is 30.6 Å². The van der Waals surface area contributed by atoms with Crippen molar-refractivity contribution in [3.63, 3.8) is 0 Å². The molecule has 100 valence electrons. The Morgan fingerprint density at radius 1 is 1.28 bits per heavy atom. The fourth-order valence-corrected chi connectivity index (χ4v) is 3.21. The molecule has 2 rings (SSSR count). The minimum absolute atomic E-state index is 0.732. The molecule has 1 heterocycles. The van der Waals surface area contributed by atoms with Crippen molar-refractivity contribution < 1.29 is 0 Å². The van der Waals surface area contributed by atoms with Gasteiger partial charge in [0.05, 0.1) is 11.4 Å². The van der Waals surface area contributed by atoms with E-state index in [9.17, 15) is 0 Å². The average molecular weight is 246 g/mol. The first kappa shape index (κ1) is 13.3. The van der Waals surface area contributed by atoms with Crippen LogP contribution in [0.3, 0.4) is 0 Å². The highest BCUT2D eigenvalue weighted by Crippen LogP contribution is 2.33. The van der Waals surface area contributed by atoms with E-state index in [0.29, 0.717) is 0 Å². The molecule has 0 bridgehead atoms. The number of fused-ring (bicyclic) bond motifs is 1. The highest BCUT2D eigenvalue weighted by Gasteiger charge is 2.20. The zero-order valence-electron chi connectivity index (χ0n) is 11.9. The van der Waals surface area contributed by atoms with Crippen molar-refractivity contribution in [2.24, 2.45) is 11.8 Å². The molecule has 0 aromatic heterocycles. The van der Waals surface area contributed by atoms with E-state index in [1.165, 1.54) is 30.5 Å². The van der Waals surface area contributed by atoms with Gasteiger partial charge in [0.2, 0.25) is 0 Å². The number of nitrogen functional groups attached to an aromatic ring is 1. The van der Waals surface area contributed by atoms with Crippen molar-refractivity contribution in [1.82, 2.24) is 0 Å². The number of hydrogen-bond donors (Lipinski definition) is 1. The Bertz CT molecular complexity index is 398.